The molecule has 0 bridgehead atoms. The normalized spacial score (nSPS) is 36.0. The Balaban J connectivity index is 1.18. The maximum atomic E-state index is 12.6. The summed E-state index contributed by atoms with van der Waals surface area (Å²) in [5.41, 5.74) is 3.35. The van der Waals surface area contributed by atoms with Crippen molar-refractivity contribution in [1.82, 2.24) is 0 Å². The van der Waals surface area contributed by atoms with Crippen LogP contribution in [0.15, 0.2) is 35.9 Å². The van der Waals surface area contributed by atoms with Crippen LogP contribution in [0.4, 0.5) is 4.79 Å². The monoisotopic (exact) mass is 520 g/mol. The molecule has 4 aliphatic carbocycles. The van der Waals surface area contributed by atoms with E-state index in [4.69, 9.17) is 9.47 Å². The number of ether oxygens (including phenoxy) is 2. The molecule has 3 nitrogen and oxygen atoms in total. The van der Waals surface area contributed by atoms with Crippen LogP contribution in [0.2, 0.25) is 0 Å². The third-order valence-electron chi connectivity index (χ3n) is 11.7. The number of unbranched alkanes of at least 4 members (excludes halogenated alkanes) is 5. The summed E-state index contributed by atoms with van der Waals surface area (Å²) in [5, 5.41) is 0. The number of benzene rings is 1. The lowest BCUT2D eigenvalue weighted by Gasteiger charge is -2.58. The van der Waals surface area contributed by atoms with E-state index >= 15 is 0 Å². The van der Waals surface area contributed by atoms with E-state index in [2.05, 4.69) is 26.8 Å². The highest BCUT2D eigenvalue weighted by molar-refractivity contribution is 5.64. The van der Waals surface area contributed by atoms with E-state index in [0.717, 1.165) is 48.5 Å². The van der Waals surface area contributed by atoms with Gasteiger partial charge in [0.25, 0.3) is 0 Å². The summed E-state index contributed by atoms with van der Waals surface area (Å²) in [7, 11) is 0. The van der Waals surface area contributed by atoms with E-state index in [9.17, 15) is 4.79 Å². The molecule has 0 saturated heterocycles. The molecule has 0 aliphatic heterocycles. The third-order valence-corrected chi connectivity index (χ3v) is 11.7. The minimum absolute atomic E-state index is 0.0653. The van der Waals surface area contributed by atoms with Gasteiger partial charge in [-0.3, -0.25) is 0 Å². The summed E-state index contributed by atoms with van der Waals surface area (Å²) in [4.78, 5) is 12.6. The van der Waals surface area contributed by atoms with Gasteiger partial charge in [0.2, 0.25) is 0 Å². The minimum atomic E-state index is -0.557. The van der Waals surface area contributed by atoms with E-state index < -0.39 is 6.16 Å². The first-order chi connectivity index (χ1) is 18.3. The van der Waals surface area contributed by atoms with E-state index in [-0.39, 0.29) is 11.5 Å². The van der Waals surface area contributed by atoms with Gasteiger partial charge < -0.3 is 9.47 Å². The molecule has 0 N–H and O–H groups in total. The first kappa shape index (κ1) is 27.8. The van der Waals surface area contributed by atoms with E-state index in [1.165, 1.54) is 77.0 Å². The number of fused-ring (bicyclic) bond motifs is 5. The highest BCUT2D eigenvalue weighted by atomic mass is 16.7. The summed E-state index contributed by atoms with van der Waals surface area (Å²) in [6.45, 7) is 9.48. The van der Waals surface area contributed by atoms with Gasteiger partial charge in [-0.05, 0) is 104 Å². The molecule has 3 saturated carbocycles. The molecule has 0 aromatic heterocycles. The van der Waals surface area contributed by atoms with Crippen LogP contribution in [0.3, 0.4) is 0 Å². The van der Waals surface area contributed by atoms with Crippen LogP contribution in [0, 0.1) is 41.4 Å². The Kier molecular flexibility index (Phi) is 8.60. The summed E-state index contributed by atoms with van der Waals surface area (Å²) in [5.74, 6) is 4.09. The van der Waals surface area contributed by atoms with Gasteiger partial charge in [0.1, 0.15) is 11.9 Å². The zero-order valence-electron chi connectivity index (χ0n) is 24.6. The van der Waals surface area contributed by atoms with Crippen LogP contribution >= 0.6 is 0 Å². The maximum absolute atomic E-state index is 12.6. The maximum Gasteiger partial charge on any atom is 0.514 e. The third kappa shape index (κ3) is 5.46. The van der Waals surface area contributed by atoms with Crippen molar-refractivity contribution in [2.45, 2.75) is 130 Å². The summed E-state index contributed by atoms with van der Waals surface area (Å²) < 4.78 is 11.4. The molecule has 5 rings (SSSR count). The molecule has 4 aliphatic rings. The topological polar surface area (TPSA) is 35.5 Å². The van der Waals surface area contributed by atoms with Crippen LogP contribution in [0.25, 0.3) is 0 Å². The van der Waals surface area contributed by atoms with Crippen LogP contribution < -0.4 is 4.74 Å². The SMILES string of the molecule is CCCCCCCC[C@@H]1CC[C@@H]2[C@H]3CC=C4C[C@H](OC(=O)Oc5ccccc5C)CC[C@]4(C)[C@@H]3CC[C@]12C. The molecule has 7 atom stereocenters. The smallest absolute Gasteiger partial charge is 0.430 e. The van der Waals surface area contributed by atoms with Crippen molar-refractivity contribution in [2.24, 2.45) is 34.5 Å². The second-order valence-electron chi connectivity index (χ2n) is 13.7. The van der Waals surface area contributed by atoms with Crippen molar-refractivity contribution in [3.05, 3.63) is 41.5 Å². The molecule has 3 fully saturated rings. The number of hydrogen-bond donors (Lipinski definition) is 0. The van der Waals surface area contributed by atoms with Gasteiger partial charge in [-0.2, -0.15) is 0 Å². The highest BCUT2D eigenvalue weighted by Crippen LogP contribution is 2.66. The van der Waals surface area contributed by atoms with E-state index in [1.54, 1.807) is 5.57 Å². The largest absolute Gasteiger partial charge is 0.514 e. The summed E-state index contributed by atoms with van der Waals surface area (Å²) in [6.07, 6.45) is 21.8. The molecule has 0 radical (unpaired) electrons. The fourth-order valence-corrected chi connectivity index (χ4v) is 9.40. The fraction of sp³-hybridized carbons (Fsp3) is 0.743. The second-order valence-corrected chi connectivity index (χ2v) is 13.7. The number of aryl methyl sites for hydroxylation is 1. The van der Waals surface area contributed by atoms with E-state index in [1.807, 2.05) is 31.2 Å². The number of allylic oxidation sites excluding steroid dienone is 1. The lowest BCUT2D eigenvalue weighted by molar-refractivity contribution is -0.0538. The molecule has 0 heterocycles. The molecule has 0 spiro atoms. The number of carbonyl (C=O) groups is 1. The average molecular weight is 521 g/mol. The lowest BCUT2D eigenvalue weighted by atomic mass is 9.47. The average Bonchev–Trinajstić information content (AvgIpc) is 3.24. The molecule has 38 heavy (non-hydrogen) atoms. The minimum Gasteiger partial charge on any atom is -0.430 e. The first-order valence-corrected chi connectivity index (χ1v) is 16.0. The first-order valence-electron chi connectivity index (χ1n) is 16.0. The number of carbonyl (C=O) groups excluding carboxylic acids is 1. The second kappa shape index (κ2) is 11.8. The molecule has 0 unspecified atom stereocenters. The number of para-hydroxylation sites is 1. The summed E-state index contributed by atoms with van der Waals surface area (Å²) in [6, 6.07) is 7.62. The molecule has 3 heteroatoms. The van der Waals surface area contributed by atoms with Crippen LogP contribution in [-0.4, -0.2) is 12.3 Å². The van der Waals surface area contributed by atoms with Gasteiger partial charge in [0, 0.05) is 6.42 Å². The molecular weight excluding hydrogens is 468 g/mol. The van der Waals surface area contributed by atoms with E-state index in [0.29, 0.717) is 11.2 Å². The molecule has 1 aromatic carbocycles. The van der Waals surface area contributed by atoms with Crippen LogP contribution in [-0.2, 0) is 4.74 Å². The van der Waals surface area contributed by atoms with Gasteiger partial charge in [-0.15, -0.1) is 0 Å². The Bertz CT molecular complexity index is 997. The predicted octanol–water partition coefficient (Wildman–Crippen LogP) is 10.2. The van der Waals surface area contributed by atoms with Gasteiger partial charge in [-0.1, -0.05) is 89.1 Å². The van der Waals surface area contributed by atoms with Gasteiger partial charge in [-0.25, -0.2) is 4.79 Å². The molecular formula is C35H52O3. The predicted molar refractivity (Wildman–Crippen MR) is 155 cm³/mol. The standard InChI is InChI=1S/C35H52O3/c1-5-6-7-8-9-10-14-26-17-19-30-29-18-16-27-24-28(37-33(36)38-32-15-12-11-13-25(32)2)20-22-35(27,4)31(29)21-23-34(26,30)3/h11-13,15-16,26,28-31H,5-10,14,17-24H2,1-4H3/t26-,28-,29-,30-,31-,34-,35+/m1/s1. The van der Waals surface area contributed by atoms with Gasteiger partial charge >= 0.3 is 6.16 Å². The highest BCUT2D eigenvalue weighted by Gasteiger charge is 2.58. The molecule has 1 aromatic rings. The fourth-order valence-electron chi connectivity index (χ4n) is 9.40. The van der Waals surface area contributed by atoms with Crippen molar-refractivity contribution in [2.75, 3.05) is 0 Å². The van der Waals surface area contributed by atoms with Crippen molar-refractivity contribution in [3.63, 3.8) is 0 Å². The Labute approximate surface area is 232 Å². The Hall–Kier alpha value is -1.77. The van der Waals surface area contributed by atoms with Crippen molar-refractivity contribution >= 4 is 6.16 Å². The zero-order chi connectivity index (χ0) is 26.8. The van der Waals surface area contributed by atoms with Gasteiger partial charge in [0.15, 0.2) is 0 Å². The molecule has 0 amide bonds. The van der Waals surface area contributed by atoms with Crippen molar-refractivity contribution < 1.29 is 14.3 Å². The van der Waals surface area contributed by atoms with Crippen molar-refractivity contribution in [1.29, 1.82) is 0 Å². The van der Waals surface area contributed by atoms with Crippen LogP contribution in [0.5, 0.6) is 5.75 Å². The Morgan fingerprint density at radius 2 is 1.74 bits per heavy atom. The Morgan fingerprint density at radius 3 is 2.55 bits per heavy atom. The van der Waals surface area contributed by atoms with Gasteiger partial charge in [0.05, 0.1) is 0 Å². The quantitative estimate of drug-likeness (QED) is 0.141. The van der Waals surface area contributed by atoms with Crippen molar-refractivity contribution in [3.8, 4) is 5.75 Å². The van der Waals surface area contributed by atoms with Crippen LogP contribution in [0.1, 0.15) is 123 Å². The number of hydrogen-bond acceptors (Lipinski definition) is 3. The molecule has 210 valence electrons. The zero-order valence-corrected chi connectivity index (χ0v) is 24.6. The Morgan fingerprint density at radius 1 is 0.947 bits per heavy atom. The summed E-state index contributed by atoms with van der Waals surface area (Å²) >= 11 is 0. The number of rotatable bonds is 9. The lowest BCUT2D eigenvalue weighted by Crippen LogP contribution is -2.50.